The molecule has 0 unspecified atom stereocenters. The van der Waals surface area contributed by atoms with Gasteiger partial charge >= 0.3 is 6.18 Å². The quantitative estimate of drug-likeness (QED) is 0.835. The number of aryl methyl sites for hydroxylation is 1. The highest BCUT2D eigenvalue weighted by atomic mass is 19.4. The van der Waals surface area contributed by atoms with Crippen LogP contribution in [0.4, 0.5) is 13.2 Å². The molecule has 0 aliphatic heterocycles. The van der Waals surface area contributed by atoms with Gasteiger partial charge in [0.15, 0.2) is 0 Å². The van der Waals surface area contributed by atoms with Gasteiger partial charge in [-0.25, -0.2) is 0 Å². The Bertz CT molecular complexity index is 542. The number of hydrogen-bond donors (Lipinski definition) is 2. The van der Waals surface area contributed by atoms with Crippen molar-refractivity contribution in [2.45, 2.75) is 19.5 Å². The van der Waals surface area contributed by atoms with Gasteiger partial charge in [0.2, 0.25) is 0 Å². The number of rotatable bonds is 3. The molecule has 0 saturated heterocycles. The predicted octanol–water partition coefficient (Wildman–Crippen LogP) is 2.02. The van der Waals surface area contributed by atoms with E-state index in [1.54, 1.807) is 19.1 Å². The maximum atomic E-state index is 12.0. The molecule has 0 saturated carbocycles. The SMILES string of the molecule is Cc1cc(C#CCO)cc(C(=O)NCCC(F)(F)F)c1. The molecule has 1 rings (SSSR count). The van der Waals surface area contributed by atoms with Gasteiger partial charge in [-0.3, -0.25) is 4.79 Å². The van der Waals surface area contributed by atoms with E-state index in [-0.39, 0.29) is 12.2 Å². The molecule has 1 aromatic carbocycles. The van der Waals surface area contributed by atoms with Crippen molar-refractivity contribution in [1.29, 1.82) is 0 Å². The van der Waals surface area contributed by atoms with Gasteiger partial charge in [-0.1, -0.05) is 11.8 Å². The van der Waals surface area contributed by atoms with Crippen LogP contribution in [0.15, 0.2) is 18.2 Å². The first-order chi connectivity index (χ1) is 9.31. The maximum Gasteiger partial charge on any atom is 0.390 e. The molecule has 1 aromatic rings. The van der Waals surface area contributed by atoms with Gasteiger partial charge in [0.05, 0.1) is 6.42 Å². The highest BCUT2D eigenvalue weighted by Crippen LogP contribution is 2.18. The molecule has 0 aliphatic rings. The number of hydrogen-bond acceptors (Lipinski definition) is 2. The van der Waals surface area contributed by atoms with Crippen LogP contribution >= 0.6 is 0 Å². The summed E-state index contributed by atoms with van der Waals surface area (Å²) >= 11 is 0. The summed E-state index contributed by atoms with van der Waals surface area (Å²) in [6.07, 6.45) is -5.36. The number of aliphatic hydroxyl groups is 1. The van der Waals surface area contributed by atoms with E-state index in [1.807, 2.05) is 0 Å². The molecule has 0 bridgehead atoms. The van der Waals surface area contributed by atoms with E-state index < -0.39 is 25.0 Å². The van der Waals surface area contributed by atoms with Gasteiger partial charge in [-0.2, -0.15) is 13.2 Å². The van der Waals surface area contributed by atoms with E-state index in [4.69, 9.17) is 5.11 Å². The second-order valence-electron chi connectivity index (χ2n) is 4.17. The van der Waals surface area contributed by atoms with Crippen molar-refractivity contribution >= 4 is 5.91 Å². The van der Waals surface area contributed by atoms with Gasteiger partial charge in [-0.15, -0.1) is 0 Å². The normalized spacial score (nSPS) is 10.7. The third kappa shape index (κ3) is 5.76. The molecule has 20 heavy (non-hydrogen) atoms. The van der Waals surface area contributed by atoms with Crippen molar-refractivity contribution < 1.29 is 23.1 Å². The number of halogens is 3. The summed E-state index contributed by atoms with van der Waals surface area (Å²) in [4.78, 5) is 11.7. The summed E-state index contributed by atoms with van der Waals surface area (Å²) in [7, 11) is 0. The van der Waals surface area contributed by atoms with E-state index in [0.717, 1.165) is 5.56 Å². The first-order valence-electron chi connectivity index (χ1n) is 5.88. The summed E-state index contributed by atoms with van der Waals surface area (Å²) < 4.78 is 35.9. The van der Waals surface area contributed by atoms with Crippen LogP contribution in [0.1, 0.15) is 27.9 Å². The van der Waals surface area contributed by atoms with Crippen molar-refractivity contribution in [3.63, 3.8) is 0 Å². The minimum atomic E-state index is -4.29. The lowest BCUT2D eigenvalue weighted by atomic mass is 10.1. The van der Waals surface area contributed by atoms with E-state index in [9.17, 15) is 18.0 Å². The van der Waals surface area contributed by atoms with Crippen molar-refractivity contribution in [3.8, 4) is 11.8 Å². The summed E-state index contributed by atoms with van der Waals surface area (Å²) in [5.41, 5.74) is 1.53. The zero-order valence-corrected chi connectivity index (χ0v) is 10.8. The molecule has 0 radical (unpaired) electrons. The van der Waals surface area contributed by atoms with Gasteiger partial charge < -0.3 is 10.4 Å². The number of aliphatic hydroxyl groups excluding tert-OH is 1. The topological polar surface area (TPSA) is 49.3 Å². The van der Waals surface area contributed by atoms with Crippen LogP contribution in [-0.2, 0) is 0 Å². The number of carbonyl (C=O) groups is 1. The molecule has 0 aromatic heterocycles. The van der Waals surface area contributed by atoms with Gasteiger partial charge in [0.25, 0.3) is 5.91 Å². The number of amides is 1. The first kappa shape index (κ1) is 16.1. The first-order valence-corrected chi connectivity index (χ1v) is 5.88. The van der Waals surface area contributed by atoms with Crippen LogP contribution in [0.3, 0.4) is 0 Å². The lowest BCUT2D eigenvalue weighted by Gasteiger charge is -2.08. The summed E-state index contributed by atoms with van der Waals surface area (Å²) in [6.45, 7) is 0.978. The third-order valence-electron chi connectivity index (χ3n) is 2.35. The van der Waals surface area contributed by atoms with Gasteiger partial charge in [-0.05, 0) is 30.7 Å². The van der Waals surface area contributed by atoms with Crippen LogP contribution in [0.25, 0.3) is 0 Å². The summed E-state index contributed by atoms with van der Waals surface area (Å²) in [6, 6.07) is 4.75. The second kappa shape index (κ2) is 6.96. The monoisotopic (exact) mass is 285 g/mol. The molecular formula is C14H14F3NO2. The molecule has 108 valence electrons. The Morgan fingerprint density at radius 3 is 2.65 bits per heavy atom. The predicted molar refractivity (Wildman–Crippen MR) is 68.1 cm³/mol. The molecule has 2 N–H and O–H groups in total. The highest BCUT2D eigenvalue weighted by molar-refractivity contribution is 5.94. The third-order valence-corrected chi connectivity index (χ3v) is 2.35. The average molecular weight is 285 g/mol. The van der Waals surface area contributed by atoms with E-state index >= 15 is 0 Å². The Morgan fingerprint density at radius 2 is 2.05 bits per heavy atom. The van der Waals surface area contributed by atoms with Crippen LogP contribution < -0.4 is 5.32 Å². The Labute approximate surface area is 114 Å². The molecule has 6 heteroatoms. The van der Waals surface area contributed by atoms with Crippen molar-refractivity contribution in [1.82, 2.24) is 5.32 Å². The Balaban J connectivity index is 2.75. The van der Waals surface area contributed by atoms with Crippen LogP contribution in [0.2, 0.25) is 0 Å². The van der Waals surface area contributed by atoms with Crippen molar-refractivity contribution in [3.05, 3.63) is 34.9 Å². The minimum absolute atomic E-state index is 0.245. The minimum Gasteiger partial charge on any atom is -0.384 e. The number of nitrogens with one attached hydrogen (secondary N) is 1. The van der Waals surface area contributed by atoms with E-state index in [2.05, 4.69) is 17.2 Å². The zero-order chi connectivity index (χ0) is 15.2. The molecular weight excluding hydrogens is 271 g/mol. The molecule has 0 spiro atoms. The molecule has 1 amide bonds. The molecule has 0 atom stereocenters. The maximum absolute atomic E-state index is 12.0. The molecule has 0 fully saturated rings. The van der Waals surface area contributed by atoms with Gasteiger partial charge in [0.1, 0.15) is 6.61 Å². The van der Waals surface area contributed by atoms with Crippen molar-refractivity contribution in [2.24, 2.45) is 0 Å². The fourth-order valence-electron chi connectivity index (χ4n) is 1.55. The Kier molecular flexibility index (Phi) is 5.59. The Morgan fingerprint density at radius 1 is 1.35 bits per heavy atom. The van der Waals surface area contributed by atoms with Gasteiger partial charge in [0, 0.05) is 17.7 Å². The average Bonchev–Trinajstić information content (AvgIpc) is 2.34. The zero-order valence-electron chi connectivity index (χ0n) is 10.8. The second-order valence-corrected chi connectivity index (χ2v) is 4.17. The fourth-order valence-corrected chi connectivity index (χ4v) is 1.55. The highest BCUT2D eigenvalue weighted by Gasteiger charge is 2.26. The van der Waals surface area contributed by atoms with E-state index in [0.29, 0.717) is 5.56 Å². The number of carbonyl (C=O) groups excluding carboxylic acids is 1. The Hall–Kier alpha value is -2.00. The van der Waals surface area contributed by atoms with Crippen molar-refractivity contribution in [2.75, 3.05) is 13.2 Å². The summed E-state index contributed by atoms with van der Waals surface area (Å²) in [5.74, 6) is 4.52. The lowest BCUT2D eigenvalue weighted by Crippen LogP contribution is -2.28. The standard InChI is InChI=1S/C14H14F3NO2/c1-10-7-11(3-2-6-19)9-12(8-10)13(20)18-5-4-14(15,16)17/h7-9,19H,4-6H2,1H3,(H,18,20). The molecule has 0 heterocycles. The van der Waals surface area contributed by atoms with Crippen LogP contribution in [0.5, 0.6) is 0 Å². The van der Waals surface area contributed by atoms with Crippen LogP contribution in [0, 0.1) is 18.8 Å². The molecule has 3 nitrogen and oxygen atoms in total. The van der Waals surface area contributed by atoms with Crippen LogP contribution in [-0.4, -0.2) is 30.3 Å². The number of alkyl halides is 3. The lowest BCUT2D eigenvalue weighted by molar-refractivity contribution is -0.132. The largest absolute Gasteiger partial charge is 0.390 e. The summed E-state index contributed by atoms with van der Waals surface area (Å²) in [5, 5.41) is 10.8. The fraction of sp³-hybridized carbons (Fsp3) is 0.357. The molecule has 0 aliphatic carbocycles. The van der Waals surface area contributed by atoms with E-state index in [1.165, 1.54) is 6.07 Å². The number of benzene rings is 1. The smallest absolute Gasteiger partial charge is 0.384 e.